The van der Waals surface area contributed by atoms with Crippen LogP contribution < -0.4 is 0 Å². The van der Waals surface area contributed by atoms with Crippen molar-refractivity contribution in [2.24, 2.45) is 0 Å². The molecule has 1 fully saturated rings. The van der Waals surface area contributed by atoms with Crippen LogP contribution in [0, 0.1) is 0 Å². The Labute approximate surface area is 166 Å². The molecule has 0 bridgehead atoms. The van der Waals surface area contributed by atoms with Gasteiger partial charge in [0.2, 0.25) is 0 Å². The summed E-state index contributed by atoms with van der Waals surface area (Å²) in [5.74, 6) is 0. The third-order valence-electron chi connectivity index (χ3n) is 5.56. The van der Waals surface area contributed by atoms with Crippen LogP contribution in [0.5, 0.6) is 0 Å². The summed E-state index contributed by atoms with van der Waals surface area (Å²) in [5, 5.41) is 0. The molecule has 2 rings (SSSR count). The summed E-state index contributed by atoms with van der Waals surface area (Å²) in [7, 11) is 1.70. The molecule has 1 aromatic carbocycles. The molecule has 0 spiro atoms. The van der Waals surface area contributed by atoms with Crippen LogP contribution in [0.4, 0.5) is 0 Å². The number of nitrogens with zero attached hydrogens (tertiary/aromatic N) is 1. The lowest BCUT2D eigenvalue weighted by Gasteiger charge is -2.43. The van der Waals surface area contributed by atoms with Gasteiger partial charge in [-0.1, -0.05) is 75.1 Å². The predicted molar refractivity (Wildman–Crippen MR) is 114 cm³/mol. The average molecular weight is 374 g/mol. The molecule has 1 aliphatic heterocycles. The van der Waals surface area contributed by atoms with E-state index < -0.39 is 0 Å². The molecular formula is C24H39NO2. The van der Waals surface area contributed by atoms with Crippen LogP contribution >= 0.6 is 0 Å². The first-order valence-electron chi connectivity index (χ1n) is 10.8. The van der Waals surface area contributed by atoms with Crippen LogP contribution in [0.3, 0.4) is 0 Å². The van der Waals surface area contributed by atoms with Crippen molar-refractivity contribution < 1.29 is 9.47 Å². The number of ether oxygens (including phenoxy) is 2. The maximum atomic E-state index is 5.92. The molecular weight excluding hydrogens is 334 g/mol. The van der Waals surface area contributed by atoms with Gasteiger partial charge in [0.25, 0.3) is 0 Å². The van der Waals surface area contributed by atoms with E-state index >= 15 is 0 Å². The zero-order valence-corrected chi connectivity index (χ0v) is 17.6. The fraction of sp³-hybridized carbons (Fsp3) is 0.667. The molecule has 0 aromatic heterocycles. The molecule has 1 aliphatic rings. The average Bonchev–Trinajstić information content (AvgIpc) is 2.69. The van der Waals surface area contributed by atoms with Crippen LogP contribution in [-0.2, 0) is 16.0 Å². The van der Waals surface area contributed by atoms with E-state index in [4.69, 9.17) is 9.47 Å². The van der Waals surface area contributed by atoms with Crippen LogP contribution in [0.25, 0.3) is 0 Å². The Bertz CT molecular complexity index is 516. The van der Waals surface area contributed by atoms with Crippen LogP contribution in [0.15, 0.2) is 42.5 Å². The topological polar surface area (TPSA) is 21.7 Å². The molecule has 1 saturated heterocycles. The highest BCUT2D eigenvalue weighted by Gasteiger charge is 2.32. The fourth-order valence-electron chi connectivity index (χ4n) is 4.02. The van der Waals surface area contributed by atoms with E-state index in [0.717, 1.165) is 19.4 Å². The van der Waals surface area contributed by atoms with Crippen molar-refractivity contribution in [3.8, 4) is 0 Å². The first kappa shape index (κ1) is 22.1. The largest absolute Gasteiger partial charge is 0.359 e. The predicted octanol–water partition coefficient (Wildman–Crippen LogP) is 5.95. The molecule has 3 heteroatoms. The van der Waals surface area contributed by atoms with Crippen molar-refractivity contribution in [1.29, 1.82) is 0 Å². The number of hydrogen-bond acceptors (Lipinski definition) is 3. The highest BCUT2D eigenvalue weighted by molar-refractivity contribution is 5.15. The highest BCUT2D eigenvalue weighted by atomic mass is 16.7. The molecule has 0 aliphatic carbocycles. The van der Waals surface area contributed by atoms with Crippen molar-refractivity contribution in [1.82, 2.24) is 4.90 Å². The second-order valence-corrected chi connectivity index (χ2v) is 7.87. The number of unbranched alkanes of at least 4 members (excludes halogenated alkanes) is 5. The van der Waals surface area contributed by atoms with Gasteiger partial charge < -0.3 is 9.47 Å². The lowest BCUT2D eigenvalue weighted by atomic mass is 9.92. The monoisotopic (exact) mass is 373 g/mol. The smallest absolute Gasteiger partial charge is 0.146 e. The third kappa shape index (κ3) is 8.16. The molecule has 0 N–H and O–H groups in total. The second kappa shape index (κ2) is 13.1. The van der Waals surface area contributed by atoms with Gasteiger partial charge in [0.1, 0.15) is 6.79 Å². The van der Waals surface area contributed by atoms with Crippen molar-refractivity contribution >= 4 is 0 Å². The van der Waals surface area contributed by atoms with E-state index in [1.165, 1.54) is 44.1 Å². The molecule has 0 amide bonds. The summed E-state index contributed by atoms with van der Waals surface area (Å²) in [6, 6.07) is 11.8. The summed E-state index contributed by atoms with van der Waals surface area (Å²) in [5.41, 5.74) is 1.39. The first-order valence-corrected chi connectivity index (χ1v) is 10.8. The molecule has 1 aromatic rings. The number of methoxy groups -OCH3 is 1. The molecule has 0 saturated carbocycles. The van der Waals surface area contributed by atoms with Gasteiger partial charge >= 0.3 is 0 Å². The van der Waals surface area contributed by atoms with Gasteiger partial charge in [0.05, 0.1) is 6.10 Å². The number of likely N-dealkylation sites (tertiary alicyclic amines) is 1. The van der Waals surface area contributed by atoms with Crippen LogP contribution in [-0.4, -0.2) is 37.0 Å². The molecule has 1 heterocycles. The van der Waals surface area contributed by atoms with E-state index in [2.05, 4.69) is 61.2 Å². The highest BCUT2D eigenvalue weighted by Crippen LogP contribution is 2.28. The zero-order chi connectivity index (χ0) is 19.3. The van der Waals surface area contributed by atoms with E-state index in [1.54, 1.807) is 7.11 Å². The summed E-state index contributed by atoms with van der Waals surface area (Å²) in [4.78, 5) is 2.63. The summed E-state index contributed by atoms with van der Waals surface area (Å²) < 4.78 is 11.0. The minimum atomic E-state index is 0.283. The Morgan fingerprint density at radius 1 is 1.07 bits per heavy atom. The first-order chi connectivity index (χ1) is 13.2. The molecule has 3 atom stereocenters. The molecule has 3 nitrogen and oxygen atoms in total. The van der Waals surface area contributed by atoms with E-state index in [1.807, 2.05) is 0 Å². The number of hydrogen-bond donors (Lipinski definition) is 0. The van der Waals surface area contributed by atoms with E-state index in [0.29, 0.717) is 18.9 Å². The molecule has 27 heavy (non-hydrogen) atoms. The van der Waals surface area contributed by atoms with Gasteiger partial charge in [-0.15, -0.1) is 0 Å². The lowest BCUT2D eigenvalue weighted by Crippen LogP contribution is -2.48. The van der Waals surface area contributed by atoms with Crippen molar-refractivity contribution in [3.05, 3.63) is 48.0 Å². The second-order valence-electron chi connectivity index (χ2n) is 7.87. The zero-order valence-electron chi connectivity index (χ0n) is 17.6. The minimum absolute atomic E-state index is 0.283. The van der Waals surface area contributed by atoms with Crippen molar-refractivity contribution in [2.75, 3.05) is 13.9 Å². The Kier molecular flexibility index (Phi) is 10.7. The summed E-state index contributed by atoms with van der Waals surface area (Å²) >= 11 is 0. The normalized spacial score (nSPS) is 23.9. The maximum Gasteiger partial charge on any atom is 0.146 e. The molecule has 152 valence electrons. The molecule has 0 radical (unpaired) electrons. The summed E-state index contributed by atoms with van der Waals surface area (Å²) in [6.45, 7) is 6.00. The number of allylic oxidation sites excluding steroid dienone is 1. The Balaban J connectivity index is 1.94. The fourth-order valence-corrected chi connectivity index (χ4v) is 4.02. The van der Waals surface area contributed by atoms with Gasteiger partial charge in [-0.05, 0) is 38.2 Å². The van der Waals surface area contributed by atoms with Crippen molar-refractivity contribution in [2.45, 2.75) is 89.9 Å². The van der Waals surface area contributed by atoms with Gasteiger partial charge in [0.15, 0.2) is 0 Å². The van der Waals surface area contributed by atoms with Gasteiger partial charge in [-0.25, -0.2) is 0 Å². The van der Waals surface area contributed by atoms with Crippen LogP contribution in [0.1, 0.15) is 70.8 Å². The van der Waals surface area contributed by atoms with Crippen LogP contribution in [0.2, 0.25) is 0 Å². The molecule has 0 unspecified atom stereocenters. The third-order valence-corrected chi connectivity index (χ3v) is 5.56. The van der Waals surface area contributed by atoms with Crippen molar-refractivity contribution in [3.63, 3.8) is 0 Å². The lowest BCUT2D eigenvalue weighted by molar-refractivity contribution is -0.104. The maximum absolute atomic E-state index is 5.92. The van der Waals surface area contributed by atoms with E-state index in [9.17, 15) is 0 Å². The minimum Gasteiger partial charge on any atom is -0.359 e. The van der Waals surface area contributed by atoms with Gasteiger partial charge in [-0.2, -0.15) is 0 Å². The Morgan fingerprint density at radius 3 is 2.59 bits per heavy atom. The Morgan fingerprint density at radius 2 is 1.85 bits per heavy atom. The van der Waals surface area contributed by atoms with Gasteiger partial charge in [0, 0.05) is 25.7 Å². The number of piperidine rings is 1. The quantitative estimate of drug-likeness (QED) is 0.257. The number of rotatable bonds is 12. The number of benzene rings is 1. The standard InChI is InChI=1S/C24H39NO2/c1-4-5-6-7-8-9-13-16-23-18-24(27-20-26-3)17-21(2)25(23)19-22-14-11-10-12-15-22/h10-16,21,23-24H,4-9,17-20H2,1-3H3/b16-13-/t21-,23+,24+/m1/s1. The summed E-state index contributed by atoms with van der Waals surface area (Å²) in [6.07, 6.45) is 15.1. The Hall–Kier alpha value is -1.16. The van der Waals surface area contributed by atoms with Gasteiger partial charge in [-0.3, -0.25) is 4.90 Å². The SMILES string of the molecule is CCCCCCC/C=C\[C@H]1C[C@@H](OCOC)C[C@@H](C)N1Cc1ccccc1. The van der Waals surface area contributed by atoms with E-state index in [-0.39, 0.29) is 6.10 Å².